The number of aryl methyl sites for hydroxylation is 4. The summed E-state index contributed by atoms with van der Waals surface area (Å²) in [5, 5.41) is 4.43. The van der Waals surface area contributed by atoms with Crippen LogP contribution < -0.4 is 19.6 Å². The lowest BCUT2D eigenvalue weighted by Gasteiger charge is -2.63. The maximum atomic E-state index is 6.57. The first-order valence-corrected chi connectivity index (χ1v) is 46.0. The van der Waals surface area contributed by atoms with Crippen LogP contribution in [0, 0.1) is 37.5 Å². The highest BCUT2D eigenvalue weighted by Crippen LogP contribution is 2.68. The van der Waals surface area contributed by atoms with E-state index in [1.165, 1.54) is 159 Å². The van der Waals surface area contributed by atoms with E-state index in [0.29, 0.717) is 0 Å². The van der Waals surface area contributed by atoms with Gasteiger partial charge in [-0.3, -0.25) is 0 Å². The highest BCUT2D eigenvalue weighted by molar-refractivity contribution is 6.10. The van der Waals surface area contributed by atoms with E-state index >= 15 is 0 Å². The summed E-state index contributed by atoms with van der Waals surface area (Å²) in [6.45, 7) is 16.9. The number of para-hydroxylation sites is 2. The summed E-state index contributed by atoms with van der Waals surface area (Å²) in [6, 6.07) is 122. The van der Waals surface area contributed by atoms with E-state index < -0.39 is 0 Å². The van der Waals surface area contributed by atoms with E-state index in [2.05, 4.69) is 388 Å². The number of hydrogen-bond acceptors (Lipinski definition) is 6. The molecule has 0 aliphatic heterocycles. The summed E-state index contributed by atoms with van der Waals surface area (Å²) in [5.74, 6) is 3.19. The van der Waals surface area contributed by atoms with Crippen LogP contribution in [0.15, 0.2) is 350 Å². The van der Waals surface area contributed by atoms with Crippen LogP contribution in [0.3, 0.4) is 0 Å². The summed E-state index contributed by atoms with van der Waals surface area (Å²) in [6.07, 6.45) is 26.8. The van der Waals surface area contributed by atoms with Crippen LogP contribution in [0.25, 0.3) is 56.0 Å². The van der Waals surface area contributed by atoms with Crippen LogP contribution >= 0.6 is 0 Å². The minimum absolute atomic E-state index is 0.225. The van der Waals surface area contributed by atoms with Gasteiger partial charge in [0.25, 0.3) is 0 Å². The lowest BCUT2D eigenvalue weighted by atomic mass is 9.41. The molecule has 0 saturated heterocycles. The standard InChI is InChI=1S/C60H58N2O.C58H54N2O/c1-5-7-8-44-15-25-51(26-16-44)62(52-27-19-48(20-28-52)60-38-45-33-46(39-60)37-59(36-45,40-60)47-17-13-43(6-2)14-18-47)54-30-32-58-56(35-54)55-34-53(29-31-57(55)63-58)61(49-21-9-41(3)10-22-49)50-23-11-42(4)12-24-50;1-3-5-12-42-19-25-49(26-20-42)60(50-27-23-46(24-28-50)58-38-43-33-44(39-58)37-57(36-43,40-58)45-21-17-41(4-2)18-22-45)52-30-32-56-54(35-52)53-34-51(29-31-55(53)61-56)59(47-13-8-6-9-14-47)48-15-10-7-11-16-48/h6,9-32,34-35,45-46H,2,5,7-8,33,36-40H2,1,3-4H3;4,6-11,13-32,34-35,43-44H,2-3,5,12,33,36-40H2,1H3. The molecule has 4 unspecified atom stereocenters. The van der Waals surface area contributed by atoms with E-state index in [9.17, 15) is 0 Å². The minimum atomic E-state index is 0.225. The Kier molecular flexibility index (Phi) is 20.6. The van der Waals surface area contributed by atoms with Crippen molar-refractivity contribution in [2.45, 2.75) is 165 Å². The molecular formula is C118H112N4O2. The minimum Gasteiger partial charge on any atom is -0.456 e. The van der Waals surface area contributed by atoms with Gasteiger partial charge in [0.15, 0.2) is 0 Å². The van der Waals surface area contributed by atoms with E-state index in [1.807, 2.05) is 12.2 Å². The highest BCUT2D eigenvalue weighted by atomic mass is 16.3. The molecule has 16 aromatic rings. The molecule has 8 bridgehead atoms. The van der Waals surface area contributed by atoms with Crippen molar-refractivity contribution in [3.05, 3.63) is 396 Å². The summed E-state index contributed by atoms with van der Waals surface area (Å²) in [4.78, 5) is 9.56. The average Bonchev–Trinajstić information content (AvgIpc) is 0.814. The third kappa shape index (κ3) is 14.7. The van der Waals surface area contributed by atoms with Gasteiger partial charge in [0.2, 0.25) is 0 Å². The van der Waals surface area contributed by atoms with Crippen LogP contribution in [0.2, 0.25) is 0 Å². The van der Waals surface area contributed by atoms with Crippen LogP contribution in [-0.4, -0.2) is 0 Å². The van der Waals surface area contributed by atoms with Gasteiger partial charge >= 0.3 is 0 Å². The van der Waals surface area contributed by atoms with E-state index in [1.54, 1.807) is 11.1 Å². The predicted octanol–water partition coefficient (Wildman–Crippen LogP) is 33.2. The molecule has 8 fully saturated rings. The summed E-state index contributed by atoms with van der Waals surface area (Å²) in [7, 11) is 0. The molecule has 8 saturated carbocycles. The molecule has 0 amide bonds. The quantitative estimate of drug-likeness (QED) is 0.0600. The smallest absolute Gasteiger partial charge is 0.135 e. The van der Waals surface area contributed by atoms with Gasteiger partial charge < -0.3 is 28.4 Å². The molecule has 0 radical (unpaired) electrons. The monoisotopic (exact) mass is 1620 g/mol. The maximum absolute atomic E-state index is 6.57. The van der Waals surface area contributed by atoms with Crippen molar-refractivity contribution in [3.8, 4) is 0 Å². The first kappa shape index (κ1) is 78.6. The van der Waals surface area contributed by atoms with Crippen molar-refractivity contribution in [1.29, 1.82) is 0 Å². The van der Waals surface area contributed by atoms with Crippen molar-refractivity contribution in [2.24, 2.45) is 23.7 Å². The topological polar surface area (TPSA) is 39.2 Å². The molecule has 6 nitrogen and oxygen atoms in total. The fourth-order valence-corrected chi connectivity index (χ4v) is 24.5. The number of nitrogens with zero attached hydrogens (tertiary/aromatic N) is 4. The van der Waals surface area contributed by atoms with Gasteiger partial charge in [0, 0.05) is 89.8 Å². The van der Waals surface area contributed by atoms with E-state index in [0.717, 1.165) is 137 Å². The molecule has 8 aliphatic rings. The number of benzene rings is 14. The van der Waals surface area contributed by atoms with Gasteiger partial charge in [0.05, 0.1) is 0 Å². The molecule has 0 N–H and O–H groups in total. The SMILES string of the molecule is C=Cc1ccc(C23CC4CC(C2)CC(c2ccc(N(c5ccc(CCCC)cc5)c5ccc6oc7ccc(N(c8ccc(C)cc8)c8ccc(C)cc8)cc7c6c5)cc2)(C4)C3)cc1.C=Cc1ccc(C23CC4CC(C2)CC(c2ccc(N(c5ccc(CCCC)cc5)c5ccc6oc7ccc(N(c8ccccc8)c8ccccc8)cc7c6c5)cc2)(C4)C3)cc1. The number of unbranched alkanes of at least 4 members (excludes halogenated alkanes) is 2. The summed E-state index contributed by atoms with van der Waals surface area (Å²) >= 11 is 0. The molecule has 6 heteroatoms. The molecule has 24 rings (SSSR count). The molecule has 124 heavy (non-hydrogen) atoms. The lowest BCUT2D eigenvalue weighted by Crippen LogP contribution is -2.55. The normalized spacial score (nSPS) is 21.4. The molecule has 14 aromatic carbocycles. The largest absolute Gasteiger partial charge is 0.456 e. The number of anilines is 12. The van der Waals surface area contributed by atoms with Crippen LogP contribution in [0.1, 0.15) is 172 Å². The Morgan fingerprint density at radius 3 is 0.774 bits per heavy atom. The summed E-state index contributed by atoms with van der Waals surface area (Å²) in [5.41, 5.74) is 32.0. The van der Waals surface area contributed by atoms with Crippen LogP contribution in [-0.2, 0) is 34.5 Å². The lowest BCUT2D eigenvalue weighted by molar-refractivity contribution is -0.0282. The Morgan fingerprint density at radius 2 is 0.516 bits per heavy atom. The van der Waals surface area contributed by atoms with E-state index in [-0.39, 0.29) is 21.7 Å². The van der Waals surface area contributed by atoms with Crippen molar-refractivity contribution in [1.82, 2.24) is 0 Å². The highest BCUT2D eigenvalue weighted by Gasteiger charge is 2.60. The second kappa shape index (κ2) is 32.6. The average molecular weight is 1620 g/mol. The fraction of sp³-hybridized carbons (Fsp3) is 0.254. The number of hydrogen-bond donors (Lipinski definition) is 0. The number of rotatable bonds is 24. The Balaban J connectivity index is 0.000000152. The van der Waals surface area contributed by atoms with E-state index in [4.69, 9.17) is 8.83 Å². The van der Waals surface area contributed by atoms with Crippen molar-refractivity contribution in [2.75, 3.05) is 19.6 Å². The molecule has 0 spiro atoms. The molecule has 2 aromatic heterocycles. The van der Waals surface area contributed by atoms with Gasteiger partial charge in [0.1, 0.15) is 22.3 Å². The Bertz CT molecular complexity index is 6430. The van der Waals surface area contributed by atoms with Crippen molar-refractivity contribution in [3.63, 3.8) is 0 Å². The first-order chi connectivity index (χ1) is 60.8. The van der Waals surface area contributed by atoms with Crippen molar-refractivity contribution < 1.29 is 8.83 Å². The second-order valence-corrected chi connectivity index (χ2v) is 37.9. The van der Waals surface area contributed by atoms with Gasteiger partial charge in [-0.05, 0) is 376 Å². The van der Waals surface area contributed by atoms with Crippen LogP contribution in [0.4, 0.5) is 68.2 Å². The van der Waals surface area contributed by atoms with Crippen molar-refractivity contribution >= 4 is 124 Å². The summed E-state index contributed by atoms with van der Waals surface area (Å²) < 4.78 is 13.1. The zero-order chi connectivity index (χ0) is 83.7. The third-order valence-electron chi connectivity index (χ3n) is 29.7. The molecule has 4 atom stereocenters. The first-order valence-electron chi connectivity index (χ1n) is 46.0. The zero-order valence-electron chi connectivity index (χ0n) is 72.4. The maximum Gasteiger partial charge on any atom is 0.135 e. The molecule has 8 aliphatic carbocycles. The second-order valence-electron chi connectivity index (χ2n) is 37.9. The Labute approximate surface area is 732 Å². The molecule has 616 valence electrons. The number of furan rings is 2. The third-order valence-corrected chi connectivity index (χ3v) is 29.7. The Morgan fingerprint density at radius 1 is 0.282 bits per heavy atom. The van der Waals surface area contributed by atoms with Gasteiger partial charge in [-0.25, -0.2) is 0 Å². The Hall–Kier alpha value is -12.6. The fourth-order valence-electron chi connectivity index (χ4n) is 24.5. The molecule has 2 heterocycles. The van der Waals surface area contributed by atoms with Crippen LogP contribution in [0.5, 0.6) is 0 Å². The van der Waals surface area contributed by atoms with Gasteiger partial charge in [-0.2, -0.15) is 0 Å². The van der Waals surface area contributed by atoms with Gasteiger partial charge in [-0.1, -0.05) is 221 Å². The molecular weight excluding hydrogens is 1510 g/mol. The zero-order valence-corrected chi connectivity index (χ0v) is 72.4. The van der Waals surface area contributed by atoms with Gasteiger partial charge in [-0.15, -0.1) is 0 Å². The predicted molar refractivity (Wildman–Crippen MR) is 522 cm³/mol. The number of fused-ring (bicyclic) bond motifs is 6.